The third kappa shape index (κ3) is 5.29. The van der Waals surface area contributed by atoms with Crippen molar-refractivity contribution in [3.8, 4) is 0 Å². The number of halogens is 1. The van der Waals surface area contributed by atoms with E-state index in [2.05, 4.69) is 37.7 Å². The van der Waals surface area contributed by atoms with Crippen molar-refractivity contribution in [3.63, 3.8) is 0 Å². The average molecular weight is 607 g/mol. The second-order valence-corrected chi connectivity index (χ2v) is 16.3. The molecule has 42 heavy (non-hydrogen) atoms. The van der Waals surface area contributed by atoms with E-state index < -0.39 is 34.4 Å². The first-order valence-corrected chi connectivity index (χ1v) is 17.6. The highest BCUT2D eigenvalue weighted by Gasteiger charge is 2.66. The van der Waals surface area contributed by atoms with E-state index in [0.717, 1.165) is 44.1 Å². The zero-order chi connectivity index (χ0) is 30.6. The van der Waals surface area contributed by atoms with Gasteiger partial charge in [0.2, 0.25) is 0 Å². The Morgan fingerprint density at radius 2 is 1.79 bits per heavy atom. The molecule has 4 N–H and O–H groups in total. The summed E-state index contributed by atoms with van der Waals surface area (Å²) in [5, 5.41) is 25.0. The van der Waals surface area contributed by atoms with Gasteiger partial charge in [-0.2, -0.15) is 0 Å². The lowest BCUT2D eigenvalue weighted by molar-refractivity contribution is -0.222. The minimum atomic E-state index is -3.94. The lowest BCUT2D eigenvalue weighted by Gasteiger charge is -2.65. The lowest BCUT2D eigenvalue weighted by Crippen LogP contribution is -2.65. The van der Waals surface area contributed by atoms with Crippen LogP contribution in [0.15, 0.2) is 29.2 Å². The number of fused-ring (bicyclic) bond motifs is 5. The van der Waals surface area contributed by atoms with Crippen LogP contribution in [0.5, 0.6) is 0 Å². The molecule has 0 bridgehead atoms. The molecule has 4 saturated carbocycles. The van der Waals surface area contributed by atoms with Gasteiger partial charge in [0, 0.05) is 12.5 Å². The highest BCUT2D eigenvalue weighted by atomic mass is 32.2. The Kier molecular flexibility index (Phi) is 8.80. The fraction of sp³-hybridized carbons (Fsp3) is 0.788. The second-order valence-electron chi connectivity index (χ2n) is 14.6. The molecule has 0 radical (unpaired) electrons. The smallest absolute Gasteiger partial charge is 0.328 e. The molecule has 0 spiro atoms. The van der Waals surface area contributed by atoms with Crippen molar-refractivity contribution in [2.75, 3.05) is 6.54 Å². The molecule has 7 nitrogen and oxygen atoms in total. The van der Waals surface area contributed by atoms with Gasteiger partial charge in [0.15, 0.2) is 0 Å². The molecule has 12 atom stereocenters. The Morgan fingerprint density at radius 1 is 1.10 bits per heavy atom. The number of urea groups is 1. The predicted octanol–water partition coefficient (Wildman–Crippen LogP) is 5.58. The van der Waals surface area contributed by atoms with Crippen LogP contribution in [0.1, 0.15) is 84.6 Å². The molecule has 2 amide bonds. The number of aryl methyl sites for hydroxylation is 1. The van der Waals surface area contributed by atoms with Crippen LogP contribution in [0.2, 0.25) is 0 Å². The number of sulfonamides is 1. The van der Waals surface area contributed by atoms with Crippen LogP contribution in [0.4, 0.5) is 9.18 Å². The first kappa shape index (κ1) is 31.7. The highest BCUT2D eigenvalue weighted by Crippen LogP contribution is 2.69. The number of aliphatic hydroxyl groups is 2. The number of nitrogens with one attached hydrogen (secondary N) is 2. The number of amides is 2. The molecule has 0 saturated heterocycles. The summed E-state index contributed by atoms with van der Waals surface area (Å²) in [5.74, 6) is 1.09. The van der Waals surface area contributed by atoms with Crippen LogP contribution in [0.3, 0.4) is 0 Å². The van der Waals surface area contributed by atoms with Crippen LogP contribution in [-0.4, -0.2) is 49.6 Å². The molecule has 4 unspecified atom stereocenters. The molecule has 1 aromatic carbocycles. The number of carbonyl (C=O) groups excluding carboxylic acids is 1. The Hall–Kier alpha value is -1.71. The molecule has 0 aliphatic heterocycles. The van der Waals surface area contributed by atoms with Crippen LogP contribution in [-0.2, 0) is 10.0 Å². The molecular formula is C33H51FN2O5S. The zero-order valence-corrected chi connectivity index (χ0v) is 26.7. The molecule has 0 heterocycles. The largest absolute Gasteiger partial charge is 0.393 e. The van der Waals surface area contributed by atoms with Gasteiger partial charge in [-0.1, -0.05) is 46.2 Å². The SMILES string of the molecule is CC[C@@H]1[C@@H]2[C@@H](F)[C@H](O)CC[C@]2(C)C2CC[C@@]3(C)C(CCC3[C@H](C)CCNC(=O)NS(=O)(=O)c3cccc(C)c3)C2[C@@H]1O. The number of hydrogen-bond donors (Lipinski definition) is 4. The van der Waals surface area contributed by atoms with E-state index in [4.69, 9.17) is 0 Å². The van der Waals surface area contributed by atoms with E-state index >= 15 is 4.39 Å². The minimum absolute atomic E-state index is 0.0586. The van der Waals surface area contributed by atoms with Gasteiger partial charge in [-0.05, 0) is 116 Å². The predicted molar refractivity (Wildman–Crippen MR) is 161 cm³/mol. The summed E-state index contributed by atoms with van der Waals surface area (Å²) >= 11 is 0. The van der Waals surface area contributed by atoms with Crippen molar-refractivity contribution < 1.29 is 27.8 Å². The molecule has 236 valence electrons. The number of hydrogen-bond acceptors (Lipinski definition) is 5. The monoisotopic (exact) mass is 606 g/mol. The van der Waals surface area contributed by atoms with Gasteiger partial charge in [0.25, 0.3) is 10.0 Å². The van der Waals surface area contributed by atoms with E-state index in [9.17, 15) is 23.4 Å². The van der Waals surface area contributed by atoms with E-state index in [1.807, 2.05) is 0 Å². The Balaban J connectivity index is 1.23. The van der Waals surface area contributed by atoms with Crippen molar-refractivity contribution >= 4 is 16.1 Å². The summed E-state index contributed by atoms with van der Waals surface area (Å²) in [6.07, 6.45) is 4.14. The van der Waals surface area contributed by atoms with Gasteiger partial charge in [-0.15, -0.1) is 0 Å². The zero-order valence-electron chi connectivity index (χ0n) is 25.9. The fourth-order valence-corrected chi connectivity index (χ4v) is 11.6. The molecule has 4 fully saturated rings. The first-order chi connectivity index (χ1) is 19.7. The van der Waals surface area contributed by atoms with Crippen molar-refractivity contribution in [3.05, 3.63) is 29.8 Å². The van der Waals surface area contributed by atoms with Gasteiger partial charge in [-0.3, -0.25) is 0 Å². The highest BCUT2D eigenvalue weighted by molar-refractivity contribution is 7.90. The number of aliphatic hydroxyl groups excluding tert-OH is 2. The second kappa shape index (κ2) is 11.7. The van der Waals surface area contributed by atoms with Gasteiger partial charge in [0.1, 0.15) is 6.17 Å². The van der Waals surface area contributed by atoms with Crippen molar-refractivity contribution in [1.29, 1.82) is 0 Å². The molecule has 1 aromatic rings. The van der Waals surface area contributed by atoms with Gasteiger partial charge < -0.3 is 15.5 Å². The summed E-state index contributed by atoms with van der Waals surface area (Å²) in [5.41, 5.74) is 0.654. The molecular weight excluding hydrogens is 555 g/mol. The molecule has 9 heteroatoms. The van der Waals surface area contributed by atoms with Crippen LogP contribution in [0.25, 0.3) is 0 Å². The topological polar surface area (TPSA) is 116 Å². The summed E-state index contributed by atoms with van der Waals surface area (Å²) < 4.78 is 42.9. The molecule has 4 aliphatic carbocycles. The Bertz CT molecular complexity index is 1260. The number of carbonyl (C=O) groups is 1. The first-order valence-electron chi connectivity index (χ1n) is 16.1. The number of rotatable bonds is 7. The molecule has 4 aliphatic rings. The summed E-state index contributed by atoms with van der Waals surface area (Å²) in [6.45, 7) is 11.1. The van der Waals surface area contributed by atoms with E-state index in [-0.39, 0.29) is 39.4 Å². The lowest BCUT2D eigenvalue weighted by atomic mass is 9.41. The van der Waals surface area contributed by atoms with Crippen molar-refractivity contribution in [1.82, 2.24) is 10.0 Å². The third-order valence-electron chi connectivity index (χ3n) is 12.6. The standard InChI is InChI=1S/C33H51FN2O5S/c1-6-22-28-29(34)26(37)13-16-33(28,5)25-12-15-32(4)23(10-11-24(32)27(25)30(22)38)20(3)14-17-35-31(39)36-42(40,41)21-9-7-8-19(2)18-21/h7-9,18,20,22-30,37-38H,6,10-17H2,1-5H3,(H2,35,36,39)/t20-,22-,23?,24?,25?,26-,27?,28-,29+,30-,32-,33-/m1/s1. The normalized spacial score (nSPS) is 42.1. The van der Waals surface area contributed by atoms with Gasteiger partial charge in [-0.25, -0.2) is 22.3 Å². The maximum Gasteiger partial charge on any atom is 0.328 e. The minimum Gasteiger partial charge on any atom is -0.393 e. The quantitative estimate of drug-likeness (QED) is 0.323. The Morgan fingerprint density at radius 3 is 2.48 bits per heavy atom. The van der Waals surface area contributed by atoms with Crippen LogP contribution in [0, 0.1) is 59.2 Å². The van der Waals surface area contributed by atoms with Gasteiger partial charge in [0.05, 0.1) is 17.1 Å². The van der Waals surface area contributed by atoms with Gasteiger partial charge >= 0.3 is 6.03 Å². The van der Waals surface area contributed by atoms with Crippen LogP contribution >= 0.6 is 0 Å². The average Bonchev–Trinajstić information content (AvgIpc) is 3.29. The summed E-state index contributed by atoms with van der Waals surface area (Å²) in [6, 6.07) is 5.73. The third-order valence-corrected chi connectivity index (χ3v) is 13.9. The Labute approximate surface area is 251 Å². The van der Waals surface area contributed by atoms with E-state index in [0.29, 0.717) is 37.1 Å². The number of alkyl halides is 1. The summed E-state index contributed by atoms with van der Waals surface area (Å²) in [7, 11) is -3.94. The van der Waals surface area contributed by atoms with E-state index in [1.54, 1.807) is 19.1 Å². The maximum atomic E-state index is 15.6. The molecule has 5 rings (SSSR count). The fourth-order valence-electron chi connectivity index (χ4n) is 10.6. The van der Waals surface area contributed by atoms with Crippen molar-refractivity contribution in [2.45, 2.75) is 109 Å². The van der Waals surface area contributed by atoms with E-state index in [1.165, 1.54) is 12.1 Å². The molecule has 0 aromatic heterocycles. The van der Waals surface area contributed by atoms with Crippen molar-refractivity contribution in [2.24, 2.45) is 52.3 Å². The summed E-state index contributed by atoms with van der Waals surface area (Å²) in [4.78, 5) is 12.5. The number of benzene rings is 1. The maximum absolute atomic E-state index is 15.6. The van der Waals surface area contributed by atoms with Crippen LogP contribution < -0.4 is 10.0 Å².